The summed E-state index contributed by atoms with van der Waals surface area (Å²) in [6, 6.07) is 9.30. The standard InChI is InChI=1S/C18H24O5S/c1-2-3-9-20-17(19)13-21-16-10-14(11-16)12-22-18(24)23-15-7-5-4-6-8-15/h4-8,14,16H,2-3,9-13H2,1H3. The van der Waals surface area contributed by atoms with Gasteiger partial charge in [0.1, 0.15) is 12.4 Å². The molecule has 0 atom stereocenters. The van der Waals surface area contributed by atoms with Gasteiger partial charge in [0.05, 0.1) is 19.3 Å². The van der Waals surface area contributed by atoms with Crippen molar-refractivity contribution in [3.8, 4) is 5.75 Å². The lowest BCUT2D eigenvalue weighted by molar-refractivity contribution is -0.154. The molecule has 1 saturated carbocycles. The molecule has 0 aromatic heterocycles. The molecule has 0 N–H and O–H groups in total. The third-order valence-electron chi connectivity index (χ3n) is 3.77. The van der Waals surface area contributed by atoms with Crippen molar-refractivity contribution in [1.29, 1.82) is 0 Å². The first-order valence-corrected chi connectivity index (χ1v) is 8.75. The maximum atomic E-state index is 11.4. The second kappa shape index (κ2) is 10.3. The van der Waals surface area contributed by atoms with E-state index in [1.807, 2.05) is 30.3 Å². The van der Waals surface area contributed by atoms with E-state index in [-0.39, 0.29) is 23.9 Å². The van der Waals surface area contributed by atoms with Gasteiger partial charge < -0.3 is 18.9 Å². The Hall–Kier alpha value is -1.66. The largest absolute Gasteiger partial charge is 0.464 e. The first-order valence-electron chi connectivity index (χ1n) is 8.34. The number of esters is 1. The number of hydrogen-bond acceptors (Lipinski definition) is 6. The Morgan fingerprint density at radius 1 is 1.21 bits per heavy atom. The van der Waals surface area contributed by atoms with Crippen molar-refractivity contribution >= 4 is 23.4 Å². The van der Waals surface area contributed by atoms with Crippen LogP contribution in [0.2, 0.25) is 0 Å². The van der Waals surface area contributed by atoms with Gasteiger partial charge in [-0.05, 0) is 37.3 Å². The number of para-hydroxylation sites is 1. The van der Waals surface area contributed by atoms with Gasteiger partial charge in [-0.2, -0.15) is 0 Å². The van der Waals surface area contributed by atoms with Crippen LogP contribution in [-0.4, -0.2) is 37.1 Å². The van der Waals surface area contributed by atoms with Crippen molar-refractivity contribution < 1.29 is 23.7 Å². The van der Waals surface area contributed by atoms with E-state index in [4.69, 9.17) is 31.2 Å². The summed E-state index contributed by atoms with van der Waals surface area (Å²) in [7, 11) is 0. The topological polar surface area (TPSA) is 54.0 Å². The number of ether oxygens (including phenoxy) is 4. The van der Waals surface area contributed by atoms with Gasteiger partial charge in [0.25, 0.3) is 0 Å². The number of benzene rings is 1. The lowest BCUT2D eigenvalue weighted by Gasteiger charge is -2.34. The van der Waals surface area contributed by atoms with Crippen molar-refractivity contribution in [2.45, 2.75) is 38.7 Å². The molecule has 1 aromatic rings. The monoisotopic (exact) mass is 352 g/mol. The lowest BCUT2D eigenvalue weighted by atomic mass is 9.83. The van der Waals surface area contributed by atoms with E-state index in [2.05, 4.69) is 6.92 Å². The summed E-state index contributed by atoms with van der Waals surface area (Å²) in [5.74, 6) is 0.753. The molecule has 0 bridgehead atoms. The molecule has 0 spiro atoms. The Bertz CT molecular complexity index is 513. The molecule has 1 fully saturated rings. The molecule has 6 heteroatoms. The third kappa shape index (κ3) is 6.84. The van der Waals surface area contributed by atoms with Gasteiger partial charge >= 0.3 is 11.2 Å². The third-order valence-corrected chi connectivity index (χ3v) is 3.97. The predicted octanol–water partition coefficient (Wildman–Crippen LogP) is 3.51. The van der Waals surface area contributed by atoms with E-state index in [0.717, 1.165) is 25.7 Å². The molecule has 0 unspecified atom stereocenters. The number of unbranched alkanes of at least 4 members (excludes halogenated alkanes) is 1. The smallest absolute Gasteiger partial charge is 0.357 e. The zero-order chi connectivity index (χ0) is 17.2. The van der Waals surface area contributed by atoms with Crippen LogP contribution in [0.5, 0.6) is 5.75 Å². The maximum absolute atomic E-state index is 11.4. The van der Waals surface area contributed by atoms with Crippen LogP contribution in [0.15, 0.2) is 30.3 Å². The minimum absolute atomic E-state index is 0.0253. The lowest BCUT2D eigenvalue weighted by Crippen LogP contribution is -2.36. The van der Waals surface area contributed by atoms with Crippen molar-refractivity contribution in [1.82, 2.24) is 0 Å². The molecule has 24 heavy (non-hydrogen) atoms. The van der Waals surface area contributed by atoms with E-state index in [9.17, 15) is 4.79 Å². The van der Waals surface area contributed by atoms with E-state index >= 15 is 0 Å². The van der Waals surface area contributed by atoms with E-state index in [1.54, 1.807) is 0 Å². The Labute approximate surface area is 148 Å². The van der Waals surface area contributed by atoms with E-state index < -0.39 is 0 Å². The van der Waals surface area contributed by atoms with Crippen molar-refractivity contribution in [3.05, 3.63) is 30.3 Å². The van der Waals surface area contributed by atoms with Crippen LogP contribution in [0, 0.1) is 5.92 Å². The molecule has 132 valence electrons. The van der Waals surface area contributed by atoms with Gasteiger partial charge in [-0.1, -0.05) is 31.5 Å². The zero-order valence-electron chi connectivity index (χ0n) is 13.9. The number of hydrogen-bond donors (Lipinski definition) is 0. The van der Waals surface area contributed by atoms with Crippen LogP contribution in [0.4, 0.5) is 0 Å². The highest BCUT2D eigenvalue weighted by molar-refractivity contribution is 7.79. The average molecular weight is 352 g/mol. The summed E-state index contributed by atoms with van der Waals surface area (Å²) >= 11 is 5.05. The van der Waals surface area contributed by atoms with Gasteiger partial charge in [-0.15, -0.1) is 0 Å². The summed E-state index contributed by atoms with van der Waals surface area (Å²) in [6.07, 6.45) is 3.71. The summed E-state index contributed by atoms with van der Waals surface area (Å²) in [6.45, 7) is 3.06. The Balaban J connectivity index is 1.50. The number of carbonyl (C=O) groups excluding carboxylic acids is 1. The van der Waals surface area contributed by atoms with Crippen molar-refractivity contribution in [2.75, 3.05) is 19.8 Å². The van der Waals surface area contributed by atoms with Crippen LogP contribution in [0.1, 0.15) is 32.6 Å². The van der Waals surface area contributed by atoms with Gasteiger partial charge in [0, 0.05) is 12.2 Å². The Kier molecular flexibility index (Phi) is 7.98. The molecule has 0 amide bonds. The average Bonchev–Trinajstić information content (AvgIpc) is 2.54. The summed E-state index contributed by atoms with van der Waals surface area (Å²) in [5, 5.41) is 0.130. The molecule has 2 rings (SSSR count). The fraction of sp³-hybridized carbons (Fsp3) is 0.556. The van der Waals surface area contributed by atoms with E-state index in [1.165, 1.54) is 0 Å². The van der Waals surface area contributed by atoms with Crippen LogP contribution >= 0.6 is 12.2 Å². The fourth-order valence-corrected chi connectivity index (χ4v) is 2.47. The quantitative estimate of drug-likeness (QED) is 0.385. The molecule has 5 nitrogen and oxygen atoms in total. The molecule has 0 saturated heterocycles. The number of thiocarbonyl (C=S) groups is 1. The second-order valence-electron chi connectivity index (χ2n) is 5.82. The van der Waals surface area contributed by atoms with Crippen LogP contribution in [0.3, 0.4) is 0 Å². The summed E-state index contributed by atoms with van der Waals surface area (Å²) in [4.78, 5) is 11.4. The molecule has 0 heterocycles. The minimum atomic E-state index is -0.291. The molecule has 0 radical (unpaired) electrons. The first kappa shape index (κ1) is 18.7. The molecule has 1 aliphatic rings. The Morgan fingerprint density at radius 3 is 2.67 bits per heavy atom. The molecule has 0 aliphatic heterocycles. The van der Waals surface area contributed by atoms with Crippen LogP contribution in [0.25, 0.3) is 0 Å². The molecule has 1 aromatic carbocycles. The number of carbonyl (C=O) groups is 1. The van der Waals surface area contributed by atoms with Crippen molar-refractivity contribution in [2.24, 2.45) is 5.92 Å². The minimum Gasteiger partial charge on any atom is -0.464 e. The predicted molar refractivity (Wildman–Crippen MR) is 94.0 cm³/mol. The highest BCUT2D eigenvalue weighted by atomic mass is 32.1. The second-order valence-corrected chi connectivity index (χ2v) is 6.15. The van der Waals surface area contributed by atoms with Crippen molar-refractivity contribution in [3.63, 3.8) is 0 Å². The van der Waals surface area contributed by atoms with Gasteiger partial charge in [-0.25, -0.2) is 4.79 Å². The molecular weight excluding hydrogens is 328 g/mol. The SMILES string of the molecule is CCCCOC(=O)COC1CC(COC(=S)Oc2ccccc2)C1. The summed E-state index contributed by atoms with van der Waals surface area (Å²) < 4.78 is 21.4. The summed E-state index contributed by atoms with van der Waals surface area (Å²) in [5.41, 5.74) is 0. The molecular formula is C18H24O5S. The normalized spacial score (nSPS) is 19.2. The fourth-order valence-electron chi connectivity index (χ4n) is 2.30. The van der Waals surface area contributed by atoms with Gasteiger partial charge in [-0.3, -0.25) is 0 Å². The van der Waals surface area contributed by atoms with Gasteiger partial charge in [0.15, 0.2) is 0 Å². The Morgan fingerprint density at radius 2 is 1.96 bits per heavy atom. The van der Waals surface area contributed by atoms with E-state index in [0.29, 0.717) is 24.9 Å². The zero-order valence-corrected chi connectivity index (χ0v) is 14.8. The highest BCUT2D eigenvalue weighted by Gasteiger charge is 2.31. The number of rotatable bonds is 9. The first-order chi connectivity index (χ1) is 11.7. The highest BCUT2D eigenvalue weighted by Crippen LogP contribution is 2.30. The van der Waals surface area contributed by atoms with Crippen LogP contribution < -0.4 is 4.74 Å². The van der Waals surface area contributed by atoms with Crippen LogP contribution in [-0.2, 0) is 19.0 Å². The maximum Gasteiger partial charge on any atom is 0.357 e. The van der Waals surface area contributed by atoms with Gasteiger partial charge in [0.2, 0.25) is 0 Å². The molecule has 1 aliphatic carbocycles.